The summed E-state index contributed by atoms with van der Waals surface area (Å²) >= 11 is 3.15. The maximum Gasteiger partial charge on any atom is 0.321 e. The van der Waals surface area contributed by atoms with Crippen LogP contribution in [0.15, 0.2) is 24.3 Å². The van der Waals surface area contributed by atoms with Crippen molar-refractivity contribution in [3.8, 4) is 0 Å². The standard InChI is InChI=1S/C14H18BrNO3/c1-10-5-3-4-6-11(10)7-8-13(17)16-9-12(15)14(18)19-2/h3-6,12H,7-9H2,1-2H3,(H,16,17). The first-order valence-electron chi connectivity index (χ1n) is 6.07. The minimum atomic E-state index is -0.500. The van der Waals surface area contributed by atoms with Crippen LogP contribution in [0.3, 0.4) is 0 Å². The molecule has 1 N–H and O–H groups in total. The number of methoxy groups -OCH3 is 1. The Balaban J connectivity index is 2.33. The highest BCUT2D eigenvalue weighted by Gasteiger charge is 2.15. The van der Waals surface area contributed by atoms with Crippen LogP contribution < -0.4 is 5.32 Å². The van der Waals surface area contributed by atoms with Crippen molar-refractivity contribution < 1.29 is 14.3 Å². The van der Waals surface area contributed by atoms with Crippen molar-refractivity contribution in [2.75, 3.05) is 13.7 Å². The highest BCUT2D eigenvalue weighted by atomic mass is 79.9. The molecule has 0 spiro atoms. The number of rotatable bonds is 6. The van der Waals surface area contributed by atoms with Crippen LogP contribution >= 0.6 is 15.9 Å². The summed E-state index contributed by atoms with van der Waals surface area (Å²) in [5.41, 5.74) is 2.35. The van der Waals surface area contributed by atoms with E-state index in [1.165, 1.54) is 18.2 Å². The number of alkyl halides is 1. The van der Waals surface area contributed by atoms with Gasteiger partial charge < -0.3 is 10.1 Å². The number of halogens is 1. The monoisotopic (exact) mass is 327 g/mol. The number of amides is 1. The van der Waals surface area contributed by atoms with Crippen molar-refractivity contribution >= 4 is 27.8 Å². The van der Waals surface area contributed by atoms with E-state index in [1.54, 1.807) is 0 Å². The molecule has 0 aliphatic rings. The fourth-order valence-corrected chi connectivity index (χ4v) is 1.99. The average molecular weight is 328 g/mol. The third-order valence-corrected chi connectivity index (χ3v) is 3.52. The van der Waals surface area contributed by atoms with Gasteiger partial charge in [0.1, 0.15) is 4.83 Å². The number of nitrogens with one attached hydrogen (secondary N) is 1. The first-order chi connectivity index (χ1) is 9.04. The van der Waals surface area contributed by atoms with E-state index >= 15 is 0 Å². The van der Waals surface area contributed by atoms with Crippen LogP contribution in [-0.2, 0) is 20.7 Å². The maximum absolute atomic E-state index is 11.7. The molecular formula is C14H18BrNO3. The molecule has 1 unspecified atom stereocenters. The van der Waals surface area contributed by atoms with Gasteiger partial charge in [0, 0.05) is 13.0 Å². The Labute approximate surface area is 121 Å². The van der Waals surface area contributed by atoms with E-state index in [1.807, 2.05) is 31.2 Å². The summed E-state index contributed by atoms with van der Waals surface area (Å²) in [6.45, 7) is 2.26. The number of hydrogen-bond donors (Lipinski definition) is 1. The minimum Gasteiger partial charge on any atom is -0.468 e. The molecule has 1 atom stereocenters. The predicted octanol–water partition coefficient (Wildman–Crippen LogP) is 1.98. The highest BCUT2D eigenvalue weighted by Crippen LogP contribution is 2.09. The Hall–Kier alpha value is -1.36. The summed E-state index contributed by atoms with van der Waals surface area (Å²) in [4.78, 5) is 22.3. The summed E-state index contributed by atoms with van der Waals surface area (Å²) in [5, 5.41) is 2.70. The van der Waals surface area contributed by atoms with Crippen molar-refractivity contribution in [2.24, 2.45) is 0 Å². The van der Waals surface area contributed by atoms with E-state index in [0.717, 1.165) is 0 Å². The smallest absolute Gasteiger partial charge is 0.321 e. The van der Waals surface area contributed by atoms with Gasteiger partial charge in [0.05, 0.1) is 7.11 Å². The number of carbonyl (C=O) groups is 2. The third kappa shape index (κ3) is 5.42. The topological polar surface area (TPSA) is 55.4 Å². The number of benzene rings is 1. The summed E-state index contributed by atoms with van der Waals surface area (Å²) < 4.78 is 4.55. The van der Waals surface area contributed by atoms with Gasteiger partial charge in [-0.2, -0.15) is 0 Å². The van der Waals surface area contributed by atoms with Gasteiger partial charge >= 0.3 is 5.97 Å². The second-order valence-electron chi connectivity index (χ2n) is 4.22. The molecule has 0 saturated carbocycles. The van der Waals surface area contributed by atoms with E-state index < -0.39 is 4.83 Å². The maximum atomic E-state index is 11.7. The van der Waals surface area contributed by atoms with Crippen LogP contribution in [0.5, 0.6) is 0 Å². The number of esters is 1. The molecule has 104 valence electrons. The quantitative estimate of drug-likeness (QED) is 0.642. The Morgan fingerprint density at radius 2 is 2.05 bits per heavy atom. The summed E-state index contributed by atoms with van der Waals surface area (Å²) in [5.74, 6) is -0.462. The summed E-state index contributed by atoms with van der Waals surface area (Å²) in [6.07, 6.45) is 1.11. The lowest BCUT2D eigenvalue weighted by Gasteiger charge is -2.10. The van der Waals surface area contributed by atoms with Crippen LogP contribution in [0.25, 0.3) is 0 Å². The zero-order valence-corrected chi connectivity index (χ0v) is 12.7. The van der Waals surface area contributed by atoms with Crippen molar-refractivity contribution in [3.05, 3.63) is 35.4 Å². The fourth-order valence-electron chi connectivity index (χ4n) is 1.64. The SMILES string of the molecule is COC(=O)C(Br)CNC(=O)CCc1ccccc1C. The largest absolute Gasteiger partial charge is 0.468 e. The van der Waals surface area contributed by atoms with Gasteiger partial charge in [0.25, 0.3) is 0 Å². The van der Waals surface area contributed by atoms with Gasteiger partial charge in [-0.3, -0.25) is 9.59 Å². The first kappa shape index (κ1) is 15.7. The van der Waals surface area contributed by atoms with Gasteiger partial charge in [-0.1, -0.05) is 40.2 Å². The molecule has 0 fully saturated rings. The van der Waals surface area contributed by atoms with Gasteiger partial charge in [-0.15, -0.1) is 0 Å². The van der Waals surface area contributed by atoms with E-state index in [0.29, 0.717) is 12.8 Å². The van der Waals surface area contributed by atoms with Gasteiger partial charge in [-0.25, -0.2) is 0 Å². The Bertz CT molecular complexity index is 448. The normalized spacial score (nSPS) is 11.7. The molecule has 0 aliphatic heterocycles. The number of ether oxygens (including phenoxy) is 1. The Morgan fingerprint density at radius 1 is 1.37 bits per heavy atom. The number of aryl methyl sites for hydroxylation is 2. The molecule has 0 radical (unpaired) electrons. The fraction of sp³-hybridized carbons (Fsp3) is 0.429. The lowest BCUT2D eigenvalue weighted by molar-refractivity contribution is -0.139. The Kier molecular flexibility index (Phi) is 6.56. The molecule has 1 amide bonds. The lowest BCUT2D eigenvalue weighted by atomic mass is 10.0. The number of carbonyl (C=O) groups excluding carboxylic acids is 2. The third-order valence-electron chi connectivity index (χ3n) is 2.82. The van der Waals surface area contributed by atoms with E-state index in [4.69, 9.17) is 0 Å². The van der Waals surface area contributed by atoms with Crippen LogP contribution in [-0.4, -0.2) is 30.4 Å². The molecule has 1 aromatic rings. The molecule has 19 heavy (non-hydrogen) atoms. The molecule has 0 saturated heterocycles. The van der Waals surface area contributed by atoms with Crippen LogP contribution in [0.1, 0.15) is 17.5 Å². The zero-order chi connectivity index (χ0) is 14.3. The molecule has 0 bridgehead atoms. The predicted molar refractivity (Wildman–Crippen MR) is 77.2 cm³/mol. The molecule has 0 aliphatic carbocycles. The van der Waals surface area contributed by atoms with Crippen molar-refractivity contribution in [1.82, 2.24) is 5.32 Å². The van der Waals surface area contributed by atoms with Gasteiger partial charge in [0.15, 0.2) is 0 Å². The molecule has 1 aromatic carbocycles. The molecule has 5 heteroatoms. The first-order valence-corrected chi connectivity index (χ1v) is 6.99. The lowest BCUT2D eigenvalue weighted by Crippen LogP contribution is -2.34. The van der Waals surface area contributed by atoms with Crippen molar-refractivity contribution in [3.63, 3.8) is 0 Å². The molecule has 1 rings (SSSR count). The summed E-state index contributed by atoms with van der Waals surface area (Å²) in [6, 6.07) is 7.99. The van der Waals surface area contributed by atoms with Gasteiger partial charge in [0.2, 0.25) is 5.91 Å². The highest BCUT2D eigenvalue weighted by molar-refractivity contribution is 9.10. The molecule has 4 nitrogen and oxygen atoms in total. The van der Waals surface area contributed by atoms with E-state index in [9.17, 15) is 9.59 Å². The summed E-state index contributed by atoms with van der Waals surface area (Å²) in [7, 11) is 1.32. The van der Waals surface area contributed by atoms with Crippen LogP contribution in [0.4, 0.5) is 0 Å². The van der Waals surface area contributed by atoms with E-state index in [-0.39, 0.29) is 18.4 Å². The van der Waals surface area contributed by atoms with Crippen molar-refractivity contribution in [1.29, 1.82) is 0 Å². The second-order valence-corrected chi connectivity index (χ2v) is 5.33. The molecular weight excluding hydrogens is 310 g/mol. The number of hydrogen-bond acceptors (Lipinski definition) is 3. The average Bonchev–Trinajstić information content (AvgIpc) is 2.42. The van der Waals surface area contributed by atoms with Crippen LogP contribution in [0, 0.1) is 6.92 Å². The van der Waals surface area contributed by atoms with E-state index in [2.05, 4.69) is 26.0 Å². The Morgan fingerprint density at radius 3 is 2.68 bits per heavy atom. The minimum absolute atomic E-state index is 0.0726. The molecule has 0 heterocycles. The second kappa shape index (κ2) is 7.94. The molecule has 0 aromatic heterocycles. The van der Waals surface area contributed by atoms with Crippen LogP contribution in [0.2, 0.25) is 0 Å². The zero-order valence-electron chi connectivity index (χ0n) is 11.1. The van der Waals surface area contributed by atoms with Crippen molar-refractivity contribution in [2.45, 2.75) is 24.6 Å². The van der Waals surface area contributed by atoms with Gasteiger partial charge in [-0.05, 0) is 24.5 Å².